The summed E-state index contributed by atoms with van der Waals surface area (Å²) in [4.78, 5) is 5.82. The largest absolute Gasteiger partial charge is 0.337 e. The third-order valence-electron chi connectivity index (χ3n) is 4.15. The van der Waals surface area contributed by atoms with Crippen molar-refractivity contribution < 1.29 is 4.52 Å². The highest BCUT2D eigenvalue weighted by molar-refractivity contribution is 6.33. The van der Waals surface area contributed by atoms with E-state index < -0.39 is 0 Å². The van der Waals surface area contributed by atoms with E-state index in [-0.39, 0.29) is 6.54 Å². The number of nitrogens with zero attached hydrogens (tertiary/aromatic N) is 6. The van der Waals surface area contributed by atoms with Crippen molar-refractivity contribution >= 4 is 11.6 Å². The molecule has 0 bridgehead atoms. The van der Waals surface area contributed by atoms with E-state index in [1.807, 2.05) is 30.3 Å². The van der Waals surface area contributed by atoms with Crippen LogP contribution in [0, 0.1) is 0 Å². The molecule has 0 saturated carbocycles. The smallest absolute Gasteiger partial charge is 0.250 e. The predicted octanol–water partition coefficient (Wildman–Crippen LogP) is 4.22. The number of aromatic nitrogens is 6. The average molecular weight is 381 g/mol. The Morgan fingerprint density at radius 3 is 2.56 bits per heavy atom. The lowest BCUT2D eigenvalue weighted by molar-refractivity contribution is 0.356. The number of hydrogen-bond acceptors (Lipinski definition) is 6. The van der Waals surface area contributed by atoms with Crippen LogP contribution < -0.4 is 0 Å². The van der Waals surface area contributed by atoms with Gasteiger partial charge in [0.1, 0.15) is 6.54 Å². The van der Waals surface area contributed by atoms with Gasteiger partial charge < -0.3 is 4.52 Å². The topological polar surface area (TPSA) is 82.5 Å². The van der Waals surface area contributed by atoms with E-state index >= 15 is 0 Å². The van der Waals surface area contributed by atoms with Gasteiger partial charge in [0.25, 0.3) is 5.89 Å². The molecule has 0 atom stereocenters. The average Bonchev–Trinajstić information content (AvgIpc) is 3.32. The lowest BCUT2D eigenvalue weighted by atomic mass is 10.0. The molecule has 0 saturated heterocycles. The summed E-state index contributed by atoms with van der Waals surface area (Å²) >= 11 is 6.17. The first-order valence-electron chi connectivity index (χ1n) is 8.56. The van der Waals surface area contributed by atoms with E-state index in [1.165, 1.54) is 10.4 Å². The molecule has 4 aromatic rings. The highest BCUT2D eigenvalue weighted by atomic mass is 35.5. The van der Waals surface area contributed by atoms with Gasteiger partial charge in [-0.05, 0) is 28.8 Å². The van der Waals surface area contributed by atoms with Crippen LogP contribution in [-0.2, 0) is 6.54 Å². The number of hydrogen-bond donors (Lipinski definition) is 0. The van der Waals surface area contributed by atoms with Crippen LogP contribution in [0.1, 0.15) is 31.2 Å². The van der Waals surface area contributed by atoms with Crippen LogP contribution in [0.2, 0.25) is 5.02 Å². The van der Waals surface area contributed by atoms with Gasteiger partial charge in [0.2, 0.25) is 11.6 Å². The van der Waals surface area contributed by atoms with Crippen molar-refractivity contribution in [3.63, 3.8) is 0 Å². The summed E-state index contributed by atoms with van der Waals surface area (Å²) in [7, 11) is 0. The first kappa shape index (κ1) is 17.4. The van der Waals surface area contributed by atoms with Crippen LogP contribution in [0.5, 0.6) is 0 Å². The van der Waals surface area contributed by atoms with E-state index in [9.17, 15) is 0 Å². The summed E-state index contributed by atoms with van der Waals surface area (Å²) in [6, 6.07) is 15.5. The molecule has 7 nitrogen and oxygen atoms in total. The Balaban J connectivity index is 1.51. The van der Waals surface area contributed by atoms with E-state index in [4.69, 9.17) is 16.1 Å². The second-order valence-corrected chi connectivity index (χ2v) is 6.82. The molecule has 27 heavy (non-hydrogen) atoms. The van der Waals surface area contributed by atoms with Gasteiger partial charge in [0.15, 0.2) is 0 Å². The fourth-order valence-corrected chi connectivity index (χ4v) is 2.86. The van der Waals surface area contributed by atoms with Crippen molar-refractivity contribution in [3.05, 3.63) is 65.0 Å². The van der Waals surface area contributed by atoms with Crippen molar-refractivity contribution in [1.82, 2.24) is 30.3 Å². The Morgan fingerprint density at radius 1 is 1.04 bits per heavy atom. The first-order valence-corrected chi connectivity index (χ1v) is 8.93. The molecule has 2 heterocycles. The van der Waals surface area contributed by atoms with E-state index in [0.29, 0.717) is 28.5 Å². The molecule has 0 aliphatic carbocycles. The normalized spacial score (nSPS) is 11.3. The van der Waals surface area contributed by atoms with E-state index in [1.54, 1.807) is 6.07 Å². The third-order valence-corrected chi connectivity index (χ3v) is 4.48. The molecule has 2 aromatic carbocycles. The lowest BCUT2D eigenvalue weighted by Gasteiger charge is -2.04. The Hall–Kier alpha value is -3.06. The van der Waals surface area contributed by atoms with Gasteiger partial charge >= 0.3 is 0 Å². The summed E-state index contributed by atoms with van der Waals surface area (Å²) in [5.41, 5.74) is 2.89. The minimum Gasteiger partial charge on any atom is -0.337 e. The van der Waals surface area contributed by atoms with Gasteiger partial charge in [0.05, 0.1) is 5.02 Å². The summed E-state index contributed by atoms with van der Waals surface area (Å²) in [6.07, 6.45) is 0. The highest BCUT2D eigenvalue weighted by Crippen LogP contribution is 2.24. The highest BCUT2D eigenvalue weighted by Gasteiger charge is 2.13. The summed E-state index contributed by atoms with van der Waals surface area (Å²) < 4.78 is 5.32. The molecule has 8 heteroatoms. The minimum absolute atomic E-state index is 0.231. The SMILES string of the molecule is CC(C)c1ccc(-c2noc(Cn3nnc(-c4ccccc4Cl)n3)n2)cc1. The molecule has 0 aliphatic rings. The number of benzene rings is 2. The second-order valence-electron chi connectivity index (χ2n) is 6.41. The summed E-state index contributed by atoms with van der Waals surface area (Å²) in [5, 5.41) is 17.0. The standard InChI is InChI=1S/C19H17ClN6O/c1-12(2)13-7-9-14(10-8-13)18-21-17(27-24-18)11-26-23-19(22-25-26)15-5-3-4-6-16(15)20/h3-10,12H,11H2,1-2H3. The Bertz CT molecular complexity index is 1050. The van der Waals surface area contributed by atoms with Crippen molar-refractivity contribution in [2.45, 2.75) is 26.3 Å². The molecule has 0 spiro atoms. The molecule has 0 fully saturated rings. The molecule has 0 unspecified atom stereocenters. The number of halogens is 1. The molecule has 0 radical (unpaired) electrons. The van der Waals surface area contributed by atoms with Crippen molar-refractivity contribution in [3.8, 4) is 22.8 Å². The number of rotatable bonds is 5. The molecule has 2 aromatic heterocycles. The summed E-state index contributed by atoms with van der Waals surface area (Å²) in [6.45, 7) is 4.54. The second kappa shape index (κ2) is 7.28. The van der Waals surface area contributed by atoms with Crippen molar-refractivity contribution in [2.24, 2.45) is 0 Å². The lowest BCUT2D eigenvalue weighted by Crippen LogP contribution is -2.04. The van der Waals surface area contributed by atoms with Gasteiger partial charge in [0, 0.05) is 11.1 Å². The maximum Gasteiger partial charge on any atom is 0.250 e. The van der Waals surface area contributed by atoms with E-state index in [2.05, 4.69) is 51.5 Å². The molecule has 0 aliphatic heterocycles. The Kier molecular flexibility index (Phi) is 4.68. The van der Waals surface area contributed by atoms with Crippen molar-refractivity contribution in [2.75, 3.05) is 0 Å². The molecule has 0 amide bonds. The fraction of sp³-hybridized carbons (Fsp3) is 0.211. The monoisotopic (exact) mass is 380 g/mol. The van der Waals surface area contributed by atoms with Crippen LogP contribution in [0.3, 0.4) is 0 Å². The van der Waals surface area contributed by atoms with Gasteiger partial charge in [-0.15, -0.1) is 10.2 Å². The molecule has 136 valence electrons. The Labute approximate surface area is 161 Å². The fourth-order valence-electron chi connectivity index (χ4n) is 2.63. The van der Waals surface area contributed by atoms with Crippen LogP contribution in [0.4, 0.5) is 0 Å². The first-order chi connectivity index (χ1) is 13.1. The van der Waals surface area contributed by atoms with Gasteiger partial charge in [-0.3, -0.25) is 0 Å². The molecular formula is C19H17ClN6O. The maximum atomic E-state index is 6.17. The van der Waals surface area contributed by atoms with Gasteiger partial charge in [-0.2, -0.15) is 9.78 Å². The Morgan fingerprint density at radius 2 is 1.81 bits per heavy atom. The van der Waals surface area contributed by atoms with Gasteiger partial charge in [-0.25, -0.2) is 0 Å². The summed E-state index contributed by atoms with van der Waals surface area (Å²) in [5.74, 6) is 1.86. The maximum absolute atomic E-state index is 6.17. The van der Waals surface area contributed by atoms with Crippen LogP contribution in [-0.4, -0.2) is 30.3 Å². The molecular weight excluding hydrogens is 364 g/mol. The van der Waals surface area contributed by atoms with Crippen LogP contribution >= 0.6 is 11.6 Å². The zero-order valence-electron chi connectivity index (χ0n) is 14.9. The third kappa shape index (κ3) is 3.73. The molecule has 4 rings (SSSR count). The van der Waals surface area contributed by atoms with Crippen LogP contribution in [0.25, 0.3) is 22.8 Å². The zero-order valence-corrected chi connectivity index (χ0v) is 15.6. The van der Waals surface area contributed by atoms with E-state index in [0.717, 1.165) is 11.1 Å². The molecule has 0 N–H and O–H groups in total. The van der Waals surface area contributed by atoms with Gasteiger partial charge in [-0.1, -0.05) is 67.0 Å². The quantitative estimate of drug-likeness (QED) is 0.515. The van der Waals surface area contributed by atoms with Crippen molar-refractivity contribution in [1.29, 1.82) is 0 Å². The zero-order chi connectivity index (χ0) is 18.8. The van der Waals surface area contributed by atoms with Crippen LogP contribution in [0.15, 0.2) is 53.1 Å². The predicted molar refractivity (Wildman–Crippen MR) is 101 cm³/mol. The number of tetrazole rings is 1. The minimum atomic E-state index is 0.231.